The molecule has 28 heavy (non-hydrogen) atoms. The molecular formula is C22H34N4O2. The summed E-state index contributed by atoms with van der Waals surface area (Å²) < 4.78 is 0. The lowest BCUT2D eigenvalue weighted by molar-refractivity contribution is -0.140. The van der Waals surface area contributed by atoms with Crippen molar-refractivity contribution in [3.63, 3.8) is 0 Å². The third kappa shape index (κ3) is 3.35. The van der Waals surface area contributed by atoms with E-state index in [0.29, 0.717) is 18.5 Å². The number of amides is 2. The number of likely N-dealkylation sites (tertiary alicyclic amines) is 1. The highest BCUT2D eigenvalue weighted by Crippen LogP contribution is 2.52. The molecule has 2 bridgehead atoms. The predicted octanol–water partition coefficient (Wildman–Crippen LogP) is 2.32. The van der Waals surface area contributed by atoms with E-state index in [0.717, 1.165) is 25.5 Å². The molecular weight excluding hydrogens is 352 g/mol. The summed E-state index contributed by atoms with van der Waals surface area (Å²) in [5.74, 6) is 1.22. The summed E-state index contributed by atoms with van der Waals surface area (Å²) in [7, 11) is 0. The molecule has 1 saturated heterocycles. The predicted molar refractivity (Wildman–Crippen MR) is 110 cm³/mol. The second kappa shape index (κ2) is 7.88. The fourth-order valence-corrected chi connectivity index (χ4v) is 5.81. The summed E-state index contributed by atoms with van der Waals surface area (Å²) in [5.41, 5.74) is 0.354. The van der Waals surface area contributed by atoms with Crippen LogP contribution in [-0.4, -0.2) is 48.9 Å². The molecule has 1 heterocycles. The van der Waals surface area contributed by atoms with Crippen molar-refractivity contribution in [2.75, 3.05) is 26.2 Å². The maximum Gasteiger partial charge on any atom is 0.233 e. The Labute approximate surface area is 168 Å². The zero-order chi connectivity index (χ0) is 19.7. The number of allylic oxidation sites excluding steroid dienone is 2. The van der Waals surface area contributed by atoms with E-state index < -0.39 is 0 Å². The molecule has 2 saturated carbocycles. The van der Waals surface area contributed by atoms with Crippen molar-refractivity contribution in [3.05, 3.63) is 12.2 Å². The Morgan fingerprint density at radius 2 is 1.75 bits per heavy atom. The second-order valence-electron chi connectivity index (χ2n) is 9.01. The van der Waals surface area contributed by atoms with Gasteiger partial charge in [0.1, 0.15) is 0 Å². The van der Waals surface area contributed by atoms with Gasteiger partial charge in [-0.3, -0.25) is 19.5 Å². The number of rotatable bonds is 7. The average molecular weight is 387 g/mol. The minimum absolute atomic E-state index is 0.0338. The third-order valence-corrected chi connectivity index (χ3v) is 7.52. The van der Waals surface area contributed by atoms with Crippen LogP contribution in [0, 0.1) is 29.1 Å². The van der Waals surface area contributed by atoms with Crippen LogP contribution >= 0.6 is 0 Å². The standard InChI is InChI=1S/C22H34N4O2/c1-3-22(9-5-6-10-22)14-25-21(23-4-2)24-11-12-26-19(27)17-15-7-8-16(13-15)18(17)20(26)28/h7-8,15-18H,3-6,9-14H2,1-2H3,(H2,23,24,25). The number of aliphatic imine (C=N–C) groups is 1. The van der Waals surface area contributed by atoms with Crippen molar-refractivity contribution in [2.45, 2.75) is 52.4 Å². The molecule has 0 aromatic rings. The first-order valence-electron chi connectivity index (χ1n) is 11.1. The van der Waals surface area contributed by atoms with Gasteiger partial charge in [-0.1, -0.05) is 31.9 Å². The number of nitrogens with one attached hydrogen (secondary N) is 2. The van der Waals surface area contributed by atoms with Crippen LogP contribution < -0.4 is 10.6 Å². The zero-order valence-corrected chi connectivity index (χ0v) is 17.2. The van der Waals surface area contributed by atoms with E-state index in [1.807, 2.05) is 0 Å². The molecule has 4 rings (SSSR count). The van der Waals surface area contributed by atoms with Crippen molar-refractivity contribution >= 4 is 17.8 Å². The normalized spacial score (nSPS) is 33.1. The lowest BCUT2D eigenvalue weighted by Crippen LogP contribution is -2.44. The second-order valence-corrected chi connectivity index (χ2v) is 9.01. The maximum absolute atomic E-state index is 12.8. The first kappa shape index (κ1) is 19.5. The van der Waals surface area contributed by atoms with E-state index >= 15 is 0 Å². The number of carbonyl (C=O) groups is 2. The van der Waals surface area contributed by atoms with Gasteiger partial charge in [-0.2, -0.15) is 0 Å². The SMILES string of the molecule is CCNC(=NCC1(CC)CCCC1)NCCN1C(=O)C2C3C=CC(C3)C2C1=O. The first-order valence-corrected chi connectivity index (χ1v) is 11.1. The highest BCUT2D eigenvalue weighted by Gasteiger charge is 2.58. The zero-order valence-electron chi connectivity index (χ0n) is 17.2. The molecule has 6 heteroatoms. The van der Waals surface area contributed by atoms with Gasteiger partial charge in [0.15, 0.2) is 5.96 Å². The van der Waals surface area contributed by atoms with E-state index in [-0.39, 0.29) is 35.5 Å². The Bertz CT molecular complexity index is 650. The summed E-state index contributed by atoms with van der Waals surface area (Å²) in [6.45, 7) is 6.94. The molecule has 0 radical (unpaired) electrons. The van der Waals surface area contributed by atoms with E-state index in [9.17, 15) is 9.59 Å². The molecule has 6 nitrogen and oxygen atoms in total. The number of hydrogen-bond donors (Lipinski definition) is 2. The van der Waals surface area contributed by atoms with Crippen LogP contribution in [0.25, 0.3) is 0 Å². The van der Waals surface area contributed by atoms with E-state index in [1.54, 1.807) is 0 Å². The average Bonchev–Trinajstić information content (AvgIpc) is 3.47. The molecule has 4 aliphatic rings. The van der Waals surface area contributed by atoms with E-state index in [2.05, 4.69) is 36.6 Å². The maximum atomic E-state index is 12.8. The molecule has 0 spiro atoms. The Morgan fingerprint density at radius 1 is 1.11 bits per heavy atom. The van der Waals surface area contributed by atoms with Crippen molar-refractivity contribution < 1.29 is 9.59 Å². The van der Waals surface area contributed by atoms with Crippen molar-refractivity contribution in [2.24, 2.45) is 34.1 Å². The van der Waals surface area contributed by atoms with Crippen molar-refractivity contribution in [1.82, 2.24) is 15.5 Å². The van der Waals surface area contributed by atoms with Gasteiger partial charge in [0.25, 0.3) is 0 Å². The minimum Gasteiger partial charge on any atom is -0.357 e. The smallest absolute Gasteiger partial charge is 0.233 e. The van der Waals surface area contributed by atoms with Gasteiger partial charge >= 0.3 is 0 Å². The molecule has 0 aromatic carbocycles. The van der Waals surface area contributed by atoms with Gasteiger partial charge < -0.3 is 10.6 Å². The number of guanidine groups is 1. The molecule has 4 unspecified atom stereocenters. The largest absolute Gasteiger partial charge is 0.357 e. The Morgan fingerprint density at radius 3 is 2.32 bits per heavy atom. The molecule has 3 fully saturated rings. The van der Waals surface area contributed by atoms with Gasteiger partial charge in [0, 0.05) is 26.2 Å². The first-order chi connectivity index (χ1) is 13.6. The van der Waals surface area contributed by atoms with Crippen LogP contribution in [0.3, 0.4) is 0 Å². The Hall–Kier alpha value is -1.85. The van der Waals surface area contributed by atoms with Crippen LogP contribution in [0.5, 0.6) is 0 Å². The minimum atomic E-state index is -0.101. The topological polar surface area (TPSA) is 73.8 Å². The molecule has 3 aliphatic carbocycles. The summed E-state index contributed by atoms with van der Waals surface area (Å²) >= 11 is 0. The lowest BCUT2D eigenvalue weighted by atomic mass is 9.84. The summed E-state index contributed by atoms with van der Waals surface area (Å²) in [6, 6.07) is 0. The quantitative estimate of drug-likeness (QED) is 0.305. The molecule has 154 valence electrons. The monoisotopic (exact) mass is 386 g/mol. The van der Waals surface area contributed by atoms with E-state index in [4.69, 9.17) is 4.99 Å². The fraction of sp³-hybridized carbons (Fsp3) is 0.773. The fourth-order valence-electron chi connectivity index (χ4n) is 5.81. The summed E-state index contributed by atoms with van der Waals surface area (Å²) in [5, 5.41) is 6.64. The summed E-state index contributed by atoms with van der Waals surface area (Å²) in [6.07, 6.45) is 11.6. The van der Waals surface area contributed by atoms with Gasteiger partial charge in [0.05, 0.1) is 11.8 Å². The van der Waals surface area contributed by atoms with E-state index in [1.165, 1.54) is 37.0 Å². The number of imide groups is 1. The van der Waals surface area contributed by atoms with Crippen molar-refractivity contribution in [3.8, 4) is 0 Å². The Balaban J connectivity index is 1.32. The van der Waals surface area contributed by atoms with Crippen LogP contribution in [0.1, 0.15) is 52.4 Å². The molecule has 0 aromatic heterocycles. The molecule has 4 atom stereocenters. The van der Waals surface area contributed by atoms with Gasteiger partial charge in [-0.25, -0.2) is 0 Å². The van der Waals surface area contributed by atoms with Gasteiger partial charge in [0.2, 0.25) is 11.8 Å². The van der Waals surface area contributed by atoms with Crippen LogP contribution in [0.4, 0.5) is 0 Å². The van der Waals surface area contributed by atoms with Gasteiger partial charge in [-0.15, -0.1) is 0 Å². The number of fused-ring (bicyclic) bond motifs is 5. The summed E-state index contributed by atoms with van der Waals surface area (Å²) in [4.78, 5) is 31.9. The van der Waals surface area contributed by atoms with Crippen LogP contribution in [0.2, 0.25) is 0 Å². The molecule has 1 aliphatic heterocycles. The van der Waals surface area contributed by atoms with Gasteiger partial charge in [-0.05, 0) is 49.9 Å². The number of nitrogens with zero attached hydrogens (tertiary/aromatic N) is 2. The molecule has 2 amide bonds. The number of hydrogen-bond acceptors (Lipinski definition) is 3. The molecule has 2 N–H and O–H groups in total. The van der Waals surface area contributed by atoms with Crippen molar-refractivity contribution in [1.29, 1.82) is 0 Å². The third-order valence-electron chi connectivity index (χ3n) is 7.52. The van der Waals surface area contributed by atoms with Crippen LogP contribution in [0.15, 0.2) is 17.1 Å². The lowest BCUT2D eigenvalue weighted by Gasteiger charge is -2.26. The highest BCUT2D eigenvalue weighted by atomic mass is 16.2. The highest BCUT2D eigenvalue weighted by molar-refractivity contribution is 6.06. The Kier molecular flexibility index (Phi) is 5.48. The van der Waals surface area contributed by atoms with Crippen LogP contribution in [-0.2, 0) is 9.59 Å². The number of carbonyl (C=O) groups excluding carboxylic acids is 2.